The number of rotatable bonds is 18. The van der Waals surface area contributed by atoms with Gasteiger partial charge in [0, 0.05) is 6.42 Å². The average Bonchev–Trinajstić information content (AvgIpc) is 2.64. The van der Waals surface area contributed by atoms with Crippen molar-refractivity contribution < 1.29 is 29.6 Å². The van der Waals surface area contributed by atoms with Gasteiger partial charge in [-0.15, -0.1) is 0 Å². The van der Waals surface area contributed by atoms with E-state index in [1.807, 2.05) is 0 Å². The van der Waals surface area contributed by atoms with Gasteiger partial charge in [-0.3, -0.25) is 4.79 Å². The first kappa shape index (κ1) is 26.0. The zero-order chi connectivity index (χ0) is 20.3. The lowest BCUT2D eigenvalue weighted by atomic mass is 10.0. The molecule has 0 fully saturated rings. The van der Waals surface area contributed by atoms with Gasteiger partial charge in [-0.05, 0) is 19.3 Å². The lowest BCUT2D eigenvalue weighted by molar-refractivity contribution is -0.167. The minimum atomic E-state index is -1.64. The third-order valence-corrected chi connectivity index (χ3v) is 4.70. The molecule has 0 aromatic rings. The van der Waals surface area contributed by atoms with Gasteiger partial charge in [-0.25, -0.2) is 4.79 Å². The molecule has 0 aliphatic heterocycles. The first-order valence-electron chi connectivity index (χ1n) is 10.7. The molecule has 27 heavy (non-hydrogen) atoms. The van der Waals surface area contributed by atoms with Crippen molar-refractivity contribution in [3.8, 4) is 0 Å². The lowest BCUT2D eigenvalue weighted by Crippen LogP contribution is -2.28. The van der Waals surface area contributed by atoms with Gasteiger partial charge in [0.15, 0.2) is 6.10 Å². The van der Waals surface area contributed by atoms with Crippen molar-refractivity contribution in [3.05, 3.63) is 0 Å². The number of carbonyl (C=O) groups excluding carboxylic acids is 2. The molecule has 3 N–H and O–H groups in total. The normalized spacial score (nSPS) is 13.3. The van der Waals surface area contributed by atoms with Gasteiger partial charge in [0.25, 0.3) is 0 Å². The Morgan fingerprint density at radius 3 is 1.74 bits per heavy atom. The van der Waals surface area contributed by atoms with E-state index in [0.717, 1.165) is 44.9 Å². The average molecular weight is 389 g/mol. The summed E-state index contributed by atoms with van der Waals surface area (Å²) in [6.07, 6.45) is 13.7. The van der Waals surface area contributed by atoms with Crippen LogP contribution in [0.3, 0.4) is 0 Å². The van der Waals surface area contributed by atoms with Crippen LogP contribution < -0.4 is 0 Å². The number of hydrogen-bond donors (Lipinski definition) is 3. The fourth-order valence-electron chi connectivity index (χ4n) is 3.02. The summed E-state index contributed by atoms with van der Waals surface area (Å²) in [6, 6.07) is 0. The van der Waals surface area contributed by atoms with Gasteiger partial charge < -0.3 is 20.1 Å². The quantitative estimate of drug-likeness (QED) is 0.188. The van der Waals surface area contributed by atoms with Crippen molar-refractivity contribution in [2.75, 3.05) is 6.61 Å². The summed E-state index contributed by atoms with van der Waals surface area (Å²) in [6.45, 7) is 1.36. The molecular formula is C21H40O6. The molecule has 2 atom stereocenters. The molecule has 0 saturated carbocycles. The van der Waals surface area contributed by atoms with E-state index in [1.54, 1.807) is 0 Å². The SMILES string of the molecule is CCCC(O)CCCCCCCCCCCCCC(=O)OC(=O)C(O)CO. The van der Waals surface area contributed by atoms with Gasteiger partial charge in [0.05, 0.1) is 12.7 Å². The summed E-state index contributed by atoms with van der Waals surface area (Å²) in [5, 5.41) is 27.2. The predicted octanol–water partition coefficient (Wildman–Crippen LogP) is 3.64. The molecule has 160 valence electrons. The van der Waals surface area contributed by atoms with Crippen LogP contribution in [0.25, 0.3) is 0 Å². The highest BCUT2D eigenvalue weighted by Crippen LogP contribution is 2.14. The molecule has 2 unspecified atom stereocenters. The summed E-state index contributed by atoms with van der Waals surface area (Å²) >= 11 is 0. The highest BCUT2D eigenvalue weighted by atomic mass is 16.6. The second-order valence-corrected chi connectivity index (χ2v) is 7.36. The van der Waals surface area contributed by atoms with Crippen LogP contribution in [0, 0.1) is 0 Å². The highest BCUT2D eigenvalue weighted by molar-refractivity contribution is 5.87. The maximum Gasteiger partial charge on any atom is 0.345 e. The molecule has 0 aromatic heterocycles. The predicted molar refractivity (Wildman–Crippen MR) is 105 cm³/mol. The summed E-state index contributed by atoms with van der Waals surface area (Å²) < 4.78 is 4.43. The maximum atomic E-state index is 11.4. The number of aliphatic hydroxyl groups is 3. The molecule has 0 aliphatic carbocycles. The summed E-state index contributed by atoms with van der Waals surface area (Å²) in [5.74, 6) is -1.73. The fraction of sp³-hybridized carbons (Fsp3) is 0.905. The minimum Gasteiger partial charge on any atom is -0.393 e. The Bertz CT molecular complexity index is 372. The fourth-order valence-corrected chi connectivity index (χ4v) is 3.02. The van der Waals surface area contributed by atoms with Crippen LogP contribution in [0.15, 0.2) is 0 Å². The summed E-state index contributed by atoms with van der Waals surface area (Å²) in [7, 11) is 0. The van der Waals surface area contributed by atoms with Crippen LogP contribution in [0.5, 0.6) is 0 Å². The van der Waals surface area contributed by atoms with E-state index in [4.69, 9.17) is 10.2 Å². The second kappa shape index (κ2) is 18.4. The Morgan fingerprint density at radius 2 is 1.26 bits per heavy atom. The maximum absolute atomic E-state index is 11.4. The summed E-state index contributed by atoms with van der Waals surface area (Å²) in [4.78, 5) is 22.5. The van der Waals surface area contributed by atoms with Crippen LogP contribution in [0.2, 0.25) is 0 Å². The highest BCUT2D eigenvalue weighted by Gasteiger charge is 2.18. The molecule has 0 spiro atoms. The molecule has 0 bridgehead atoms. The van der Waals surface area contributed by atoms with Crippen LogP contribution in [0.1, 0.15) is 103 Å². The summed E-state index contributed by atoms with van der Waals surface area (Å²) in [5.41, 5.74) is 0. The molecule has 0 saturated heterocycles. The molecule has 0 heterocycles. The zero-order valence-electron chi connectivity index (χ0n) is 17.0. The third kappa shape index (κ3) is 16.9. The Kier molecular flexibility index (Phi) is 17.7. The monoisotopic (exact) mass is 388 g/mol. The molecule has 6 heteroatoms. The van der Waals surface area contributed by atoms with Crippen molar-refractivity contribution in [1.29, 1.82) is 0 Å². The van der Waals surface area contributed by atoms with Gasteiger partial charge in [0.2, 0.25) is 0 Å². The number of esters is 2. The van der Waals surface area contributed by atoms with Crippen molar-refractivity contribution in [2.24, 2.45) is 0 Å². The Balaban J connectivity index is 3.29. The number of unbranched alkanes of at least 4 members (excludes halogenated alkanes) is 10. The van der Waals surface area contributed by atoms with E-state index in [2.05, 4.69) is 11.7 Å². The number of hydrogen-bond acceptors (Lipinski definition) is 6. The minimum absolute atomic E-state index is 0.107. The molecule has 0 rings (SSSR count). The standard InChI is InChI=1S/C21H40O6/c1-2-14-18(23)15-12-10-8-6-4-3-5-7-9-11-13-16-20(25)27-21(26)19(24)17-22/h18-19,22-24H,2-17H2,1H3. The van der Waals surface area contributed by atoms with Crippen molar-refractivity contribution >= 4 is 11.9 Å². The van der Waals surface area contributed by atoms with E-state index in [9.17, 15) is 14.7 Å². The first-order valence-corrected chi connectivity index (χ1v) is 10.7. The lowest BCUT2D eigenvalue weighted by Gasteiger charge is -2.08. The topological polar surface area (TPSA) is 104 Å². The van der Waals surface area contributed by atoms with Gasteiger partial charge in [0.1, 0.15) is 0 Å². The molecule has 0 aliphatic rings. The molecule has 0 radical (unpaired) electrons. The Hall–Kier alpha value is -0.980. The van der Waals surface area contributed by atoms with E-state index in [1.165, 1.54) is 38.5 Å². The molecule has 0 amide bonds. The Morgan fingerprint density at radius 1 is 0.778 bits per heavy atom. The molecular weight excluding hydrogens is 348 g/mol. The van der Waals surface area contributed by atoms with Crippen molar-refractivity contribution in [1.82, 2.24) is 0 Å². The van der Waals surface area contributed by atoms with Gasteiger partial charge in [-0.2, -0.15) is 0 Å². The van der Waals surface area contributed by atoms with Crippen LogP contribution >= 0.6 is 0 Å². The van der Waals surface area contributed by atoms with E-state index in [0.29, 0.717) is 6.42 Å². The van der Waals surface area contributed by atoms with Crippen LogP contribution in [0.4, 0.5) is 0 Å². The molecule has 0 aromatic carbocycles. The number of aliphatic hydroxyl groups excluding tert-OH is 3. The number of ether oxygens (including phenoxy) is 1. The van der Waals surface area contributed by atoms with Crippen molar-refractivity contribution in [3.63, 3.8) is 0 Å². The van der Waals surface area contributed by atoms with Gasteiger partial charge >= 0.3 is 11.9 Å². The second-order valence-electron chi connectivity index (χ2n) is 7.36. The number of carbonyl (C=O) groups is 2. The smallest absolute Gasteiger partial charge is 0.345 e. The van der Waals surface area contributed by atoms with Crippen molar-refractivity contribution in [2.45, 2.75) is 115 Å². The van der Waals surface area contributed by atoms with Crippen LogP contribution in [-0.2, 0) is 14.3 Å². The largest absolute Gasteiger partial charge is 0.393 e. The van der Waals surface area contributed by atoms with E-state index < -0.39 is 24.6 Å². The van der Waals surface area contributed by atoms with Gasteiger partial charge in [-0.1, -0.05) is 77.6 Å². The zero-order valence-corrected chi connectivity index (χ0v) is 17.0. The van der Waals surface area contributed by atoms with E-state index >= 15 is 0 Å². The van der Waals surface area contributed by atoms with E-state index in [-0.39, 0.29) is 12.5 Å². The Labute approximate surface area is 164 Å². The first-order chi connectivity index (χ1) is 13.0. The van der Waals surface area contributed by atoms with Crippen LogP contribution in [-0.4, -0.2) is 46.1 Å². The third-order valence-electron chi connectivity index (χ3n) is 4.70. The molecule has 6 nitrogen and oxygen atoms in total.